The highest BCUT2D eigenvalue weighted by molar-refractivity contribution is 8.38. The minimum absolute atomic E-state index is 0.0862. The molecule has 0 heterocycles. The van der Waals surface area contributed by atoms with E-state index in [-0.39, 0.29) is 18.8 Å². The van der Waals surface area contributed by atoms with Gasteiger partial charge in [-0.2, -0.15) is 8.42 Å². The fourth-order valence-electron chi connectivity index (χ4n) is 1.40. The summed E-state index contributed by atoms with van der Waals surface area (Å²) in [6, 6.07) is 0. The second-order valence-electron chi connectivity index (χ2n) is 3.29. The number of hydrogen-bond acceptors (Lipinski definition) is 8. The number of sulfone groups is 3. The Bertz CT molecular complexity index is 583. The Morgan fingerprint density at radius 1 is 0.647 bits per heavy atom. The molecule has 0 saturated carbocycles. The van der Waals surface area contributed by atoms with E-state index in [9.17, 15) is 33.7 Å². The molecule has 9 nitrogen and oxygen atoms in total. The zero-order valence-electron chi connectivity index (χ0n) is 8.85. The predicted octanol–water partition coefficient (Wildman–Crippen LogP) is -2.38. The molecule has 0 fully saturated rings. The van der Waals surface area contributed by atoms with Crippen LogP contribution < -0.4 is 0 Å². The van der Waals surface area contributed by atoms with Crippen LogP contribution >= 0.6 is 0 Å². The van der Waals surface area contributed by atoms with E-state index in [1.54, 1.807) is 0 Å². The average Bonchev–Trinajstić information content (AvgIpc) is 1.67. The van der Waals surface area contributed by atoms with Crippen LogP contribution in [0, 0.1) is 0 Å². The van der Waals surface area contributed by atoms with Gasteiger partial charge in [0.05, 0.1) is 0 Å². The third-order valence-electron chi connectivity index (χ3n) is 1.68. The zero-order chi connectivity index (χ0) is 14.5. The highest BCUT2D eigenvalue weighted by Crippen LogP contribution is 2.34. The maximum absolute atomic E-state index is 11.3. The van der Waals surface area contributed by atoms with Crippen LogP contribution in [0.4, 0.5) is 0 Å². The summed E-state index contributed by atoms with van der Waals surface area (Å²) >= 11 is 0. The molecule has 0 unspecified atom stereocenters. The fraction of sp³-hybridized carbons (Fsp3) is 1.00. The topological polar surface area (TPSA) is 157 Å². The van der Waals surface area contributed by atoms with Crippen molar-refractivity contribution < 1.29 is 38.2 Å². The minimum atomic E-state index is -5.96. The molecule has 0 amide bonds. The first-order valence-electron chi connectivity index (χ1n) is 3.56. The van der Waals surface area contributed by atoms with Crippen molar-refractivity contribution in [3.05, 3.63) is 0 Å². The molecule has 0 aromatic rings. The van der Waals surface area contributed by atoms with Crippen molar-refractivity contribution in [2.45, 2.75) is 2.74 Å². The van der Waals surface area contributed by atoms with Gasteiger partial charge in [0, 0.05) is 18.8 Å². The Morgan fingerprint density at radius 2 is 0.824 bits per heavy atom. The van der Waals surface area contributed by atoms with Crippen LogP contribution in [-0.4, -0.2) is 59.7 Å². The summed E-state index contributed by atoms with van der Waals surface area (Å²) in [6.07, 6.45) is 0.259. The van der Waals surface area contributed by atoms with Gasteiger partial charge in [0.2, 0.25) is 0 Å². The number of hydrogen-bond donors (Lipinski definition) is 1. The zero-order valence-corrected chi connectivity index (χ0v) is 12.1. The molecule has 104 valence electrons. The Morgan fingerprint density at radius 3 is 0.824 bits per heavy atom. The lowest BCUT2D eigenvalue weighted by molar-refractivity contribution is 0.477. The number of rotatable bonds is 4. The quantitative estimate of drug-likeness (QED) is 0.556. The van der Waals surface area contributed by atoms with Gasteiger partial charge < -0.3 is 0 Å². The fourth-order valence-corrected chi connectivity index (χ4v) is 12.6. The lowest BCUT2D eigenvalue weighted by atomic mass is 11.8. The van der Waals surface area contributed by atoms with Crippen LogP contribution in [0.3, 0.4) is 0 Å². The normalized spacial score (nSPS) is 15.8. The molecule has 1 N–H and O–H groups in total. The van der Waals surface area contributed by atoms with Crippen LogP contribution in [0.15, 0.2) is 0 Å². The summed E-state index contributed by atoms with van der Waals surface area (Å²) < 4.78 is 94.3. The van der Waals surface area contributed by atoms with Crippen molar-refractivity contribution in [3.63, 3.8) is 0 Å². The molecule has 0 atom stereocenters. The summed E-state index contributed by atoms with van der Waals surface area (Å²) in [5.41, 5.74) is 0. The van der Waals surface area contributed by atoms with Gasteiger partial charge in [0.25, 0.3) is 0 Å². The largest absolute Gasteiger partial charge is 0.392 e. The van der Waals surface area contributed by atoms with Crippen LogP contribution in [0.25, 0.3) is 0 Å². The van der Waals surface area contributed by atoms with Gasteiger partial charge in [0.15, 0.2) is 29.5 Å². The molecule has 0 aromatic carbocycles. The molecule has 0 radical (unpaired) electrons. The van der Waals surface area contributed by atoms with E-state index < -0.39 is 42.4 Å². The third-order valence-corrected chi connectivity index (χ3v) is 15.1. The summed E-state index contributed by atoms with van der Waals surface area (Å²) in [4.78, 5) is 0. The average molecular weight is 330 g/mol. The first-order valence-corrected chi connectivity index (χ1v) is 10.7. The Balaban J connectivity index is 7.38. The Kier molecular flexibility index (Phi) is 3.82. The van der Waals surface area contributed by atoms with Crippen molar-refractivity contribution in [3.8, 4) is 0 Å². The highest BCUT2D eigenvalue weighted by Gasteiger charge is 2.69. The molecule has 0 aliphatic heterocycles. The van der Waals surface area contributed by atoms with Crippen molar-refractivity contribution in [1.29, 1.82) is 0 Å². The van der Waals surface area contributed by atoms with E-state index in [0.29, 0.717) is 0 Å². The summed E-state index contributed by atoms with van der Waals surface area (Å²) in [5.74, 6) is 0. The van der Waals surface area contributed by atoms with E-state index >= 15 is 0 Å². The molecular formula is C4H10O9S4. The van der Waals surface area contributed by atoms with Gasteiger partial charge in [-0.15, -0.1) is 0 Å². The second kappa shape index (κ2) is 3.88. The molecule has 0 rings (SSSR count). The van der Waals surface area contributed by atoms with Gasteiger partial charge in [0.1, 0.15) is 0 Å². The first-order chi connectivity index (χ1) is 7.00. The molecule has 0 saturated heterocycles. The van der Waals surface area contributed by atoms with E-state index in [0.717, 1.165) is 0 Å². The molecule has 0 aliphatic carbocycles. The van der Waals surface area contributed by atoms with Crippen molar-refractivity contribution >= 4 is 39.6 Å². The highest BCUT2D eigenvalue weighted by atomic mass is 32.4. The second-order valence-corrected chi connectivity index (χ2v) is 12.9. The standard InChI is InChI=1S/C4H10O9S4/c1-14(5,6)4(15(2,7)8,16(3,9)10)17(11,12)13/h1-3H3,(H,11,12,13). The predicted molar refractivity (Wildman–Crippen MR) is 58.8 cm³/mol. The molecule has 0 bridgehead atoms. The third kappa shape index (κ3) is 2.33. The molecule has 0 aromatic heterocycles. The summed E-state index contributed by atoms with van der Waals surface area (Å²) in [7, 11) is -21.6. The van der Waals surface area contributed by atoms with E-state index in [1.165, 1.54) is 0 Å². The van der Waals surface area contributed by atoms with Crippen LogP contribution in [0.2, 0.25) is 0 Å². The van der Waals surface area contributed by atoms with Gasteiger partial charge in [-0.3, -0.25) is 4.55 Å². The summed E-state index contributed by atoms with van der Waals surface area (Å²) in [5, 5.41) is 0. The van der Waals surface area contributed by atoms with Crippen LogP contribution in [0.1, 0.15) is 0 Å². The van der Waals surface area contributed by atoms with Crippen molar-refractivity contribution in [2.75, 3.05) is 18.8 Å². The smallest absolute Gasteiger partial charge is 0.283 e. The van der Waals surface area contributed by atoms with Gasteiger partial charge in [-0.1, -0.05) is 0 Å². The molecule has 0 aliphatic rings. The molecule has 17 heavy (non-hydrogen) atoms. The van der Waals surface area contributed by atoms with Crippen molar-refractivity contribution in [1.82, 2.24) is 0 Å². The maximum atomic E-state index is 11.3. The monoisotopic (exact) mass is 330 g/mol. The van der Waals surface area contributed by atoms with Crippen LogP contribution in [-0.2, 0) is 39.6 Å². The van der Waals surface area contributed by atoms with Crippen molar-refractivity contribution in [2.24, 2.45) is 0 Å². The van der Waals surface area contributed by atoms with E-state index in [2.05, 4.69) is 0 Å². The minimum Gasteiger partial charge on any atom is -0.283 e. The lowest BCUT2D eigenvalue weighted by Crippen LogP contribution is -2.57. The van der Waals surface area contributed by atoms with Crippen LogP contribution in [0.5, 0.6) is 0 Å². The molecule has 0 spiro atoms. The van der Waals surface area contributed by atoms with Gasteiger partial charge in [-0.25, -0.2) is 25.3 Å². The lowest BCUT2D eigenvalue weighted by Gasteiger charge is -2.24. The van der Waals surface area contributed by atoms with Gasteiger partial charge in [-0.05, 0) is 0 Å². The van der Waals surface area contributed by atoms with E-state index in [1.807, 2.05) is 0 Å². The van der Waals surface area contributed by atoms with E-state index in [4.69, 9.17) is 4.55 Å². The molecular weight excluding hydrogens is 320 g/mol. The first kappa shape index (κ1) is 16.8. The summed E-state index contributed by atoms with van der Waals surface area (Å²) in [6.45, 7) is 0. The maximum Gasteiger partial charge on any atom is 0.392 e. The molecule has 13 heteroatoms. The Hall–Kier alpha value is -0.240. The van der Waals surface area contributed by atoms with Gasteiger partial charge >= 0.3 is 12.9 Å². The Labute approximate surface area is 99.3 Å². The SMILES string of the molecule is CS(=O)(=O)C(S(C)(=O)=O)(S(C)(=O)=O)S(=O)(=O)O.